The molecule has 1 aliphatic heterocycles. The highest BCUT2D eigenvalue weighted by Gasteiger charge is 2.29. The van der Waals surface area contributed by atoms with E-state index in [0.717, 1.165) is 51.7 Å². The number of rotatable bonds is 4. The molecule has 0 saturated carbocycles. The van der Waals surface area contributed by atoms with Crippen molar-refractivity contribution in [1.29, 1.82) is 0 Å². The molecule has 2 heterocycles. The highest BCUT2D eigenvalue weighted by molar-refractivity contribution is 7.07. The molecule has 2 rings (SSSR count). The Hall–Kier alpha value is -0.380. The third-order valence-corrected chi connectivity index (χ3v) is 4.65. The standard InChI is InChI=1S/C14H23NOS/c1-2-15-9-3-6-14(16,8-10-15)7-4-13-5-11-17-12-13/h5,11-12,16H,2-4,6-10H2,1H3. The molecule has 0 aliphatic carbocycles. The highest BCUT2D eigenvalue weighted by atomic mass is 32.1. The topological polar surface area (TPSA) is 23.5 Å². The molecule has 96 valence electrons. The van der Waals surface area contributed by atoms with Crippen LogP contribution in [0.15, 0.2) is 16.8 Å². The van der Waals surface area contributed by atoms with E-state index in [0.29, 0.717) is 0 Å². The van der Waals surface area contributed by atoms with Crippen molar-refractivity contribution in [2.75, 3.05) is 19.6 Å². The van der Waals surface area contributed by atoms with Gasteiger partial charge in [-0.3, -0.25) is 0 Å². The summed E-state index contributed by atoms with van der Waals surface area (Å²) < 4.78 is 0. The van der Waals surface area contributed by atoms with Crippen LogP contribution in [0.2, 0.25) is 0 Å². The van der Waals surface area contributed by atoms with Crippen LogP contribution in [0.1, 0.15) is 38.2 Å². The molecule has 1 fully saturated rings. The van der Waals surface area contributed by atoms with Gasteiger partial charge in [-0.05, 0) is 67.6 Å². The number of aryl methyl sites for hydroxylation is 1. The Balaban J connectivity index is 1.85. The minimum absolute atomic E-state index is 0.425. The van der Waals surface area contributed by atoms with Crippen LogP contribution in [-0.2, 0) is 6.42 Å². The lowest BCUT2D eigenvalue weighted by atomic mass is 9.89. The molecule has 2 nitrogen and oxygen atoms in total. The lowest BCUT2D eigenvalue weighted by molar-refractivity contribution is 0.0174. The molecule has 0 spiro atoms. The normalized spacial score (nSPS) is 26.9. The summed E-state index contributed by atoms with van der Waals surface area (Å²) in [5.41, 5.74) is 0.950. The molecule has 1 saturated heterocycles. The van der Waals surface area contributed by atoms with Gasteiger partial charge in [0, 0.05) is 6.54 Å². The van der Waals surface area contributed by atoms with Gasteiger partial charge in [0.05, 0.1) is 5.60 Å². The van der Waals surface area contributed by atoms with E-state index in [1.165, 1.54) is 5.56 Å². The first-order valence-electron chi connectivity index (χ1n) is 6.68. The Bertz CT molecular complexity index is 325. The van der Waals surface area contributed by atoms with E-state index >= 15 is 0 Å². The third-order valence-electron chi connectivity index (χ3n) is 3.92. The fourth-order valence-corrected chi connectivity index (χ4v) is 3.32. The first-order valence-corrected chi connectivity index (χ1v) is 7.62. The molecule has 0 radical (unpaired) electrons. The average molecular weight is 253 g/mol. The average Bonchev–Trinajstić information content (AvgIpc) is 2.77. The minimum Gasteiger partial charge on any atom is -0.390 e. The van der Waals surface area contributed by atoms with E-state index in [4.69, 9.17) is 0 Å². The predicted molar refractivity (Wildman–Crippen MR) is 73.6 cm³/mol. The smallest absolute Gasteiger partial charge is 0.0663 e. The number of aliphatic hydroxyl groups is 1. The maximum atomic E-state index is 10.6. The van der Waals surface area contributed by atoms with E-state index < -0.39 is 5.60 Å². The van der Waals surface area contributed by atoms with Crippen LogP contribution in [0.5, 0.6) is 0 Å². The highest BCUT2D eigenvalue weighted by Crippen LogP contribution is 2.27. The molecule has 1 atom stereocenters. The molecule has 1 aliphatic rings. The van der Waals surface area contributed by atoms with E-state index in [2.05, 4.69) is 28.7 Å². The second kappa shape index (κ2) is 5.98. The summed E-state index contributed by atoms with van der Waals surface area (Å²) >= 11 is 1.74. The second-order valence-electron chi connectivity index (χ2n) is 5.14. The summed E-state index contributed by atoms with van der Waals surface area (Å²) in [6.45, 7) is 5.52. The van der Waals surface area contributed by atoms with Gasteiger partial charge in [-0.15, -0.1) is 0 Å². The molecule has 1 aromatic rings. The second-order valence-corrected chi connectivity index (χ2v) is 5.92. The fraction of sp³-hybridized carbons (Fsp3) is 0.714. The van der Waals surface area contributed by atoms with Gasteiger partial charge in [0.2, 0.25) is 0 Å². The Kier molecular flexibility index (Phi) is 4.60. The molecule has 0 bridgehead atoms. The van der Waals surface area contributed by atoms with Gasteiger partial charge >= 0.3 is 0 Å². The van der Waals surface area contributed by atoms with Crippen molar-refractivity contribution in [3.05, 3.63) is 22.4 Å². The van der Waals surface area contributed by atoms with Gasteiger partial charge in [-0.25, -0.2) is 0 Å². The van der Waals surface area contributed by atoms with E-state index in [-0.39, 0.29) is 0 Å². The summed E-state index contributed by atoms with van der Waals surface area (Å²) in [6, 6.07) is 2.17. The predicted octanol–water partition coefficient (Wildman–Crippen LogP) is 2.92. The lowest BCUT2D eigenvalue weighted by Crippen LogP contribution is -2.31. The van der Waals surface area contributed by atoms with Crippen molar-refractivity contribution in [2.45, 2.75) is 44.6 Å². The van der Waals surface area contributed by atoms with E-state index in [1.807, 2.05) is 0 Å². The Labute approximate surface area is 108 Å². The van der Waals surface area contributed by atoms with Crippen LogP contribution in [-0.4, -0.2) is 35.2 Å². The maximum absolute atomic E-state index is 10.6. The Morgan fingerprint density at radius 3 is 3.00 bits per heavy atom. The van der Waals surface area contributed by atoms with Gasteiger partial charge in [-0.1, -0.05) is 6.92 Å². The van der Waals surface area contributed by atoms with Crippen molar-refractivity contribution in [3.8, 4) is 0 Å². The molecule has 0 amide bonds. The number of hydrogen-bond acceptors (Lipinski definition) is 3. The zero-order chi connectivity index (χ0) is 12.1. The first-order chi connectivity index (χ1) is 8.22. The van der Waals surface area contributed by atoms with Crippen LogP contribution in [0.25, 0.3) is 0 Å². The van der Waals surface area contributed by atoms with Gasteiger partial charge in [-0.2, -0.15) is 11.3 Å². The largest absolute Gasteiger partial charge is 0.390 e. The van der Waals surface area contributed by atoms with Crippen LogP contribution < -0.4 is 0 Å². The molecule has 1 N–H and O–H groups in total. The monoisotopic (exact) mass is 253 g/mol. The quantitative estimate of drug-likeness (QED) is 0.892. The summed E-state index contributed by atoms with van der Waals surface area (Å²) in [7, 11) is 0. The summed E-state index contributed by atoms with van der Waals surface area (Å²) in [4.78, 5) is 2.45. The zero-order valence-electron chi connectivity index (χ0n) is 10.7. The Morgan fingerprint density at radius 1 is 1.41 bits per heavy atom. The molecule has 0 aromatic carbocycles. The first kappa shape index (κ1) is 13.1. The van der Waals surface area contributed by atoms with Gasteiger partial charge in [0.25, 0.3) is 0 Å². The van der Waals surface area contributed by atoms with Crippen LogP contribution >= 0.6 is 11.3 Å². The van der Waals surface area contributed by atoms with Crippen LogP contribution in [0.3, 0.4) is 0 Å². The summed E-state index contributed by atoms with van der Waals surface area (Å²) in [5, 5.41) is 14.9. The van der Waals surface area contributed by atoms with Crippen molar-refractivity contribution in [1.82, 2.24) is 4.90 Å². The van der Waals surface area contributed by atoms with Crippen LogP contribution in [0.4, 0.5) is 0 Å². The van der Waals surface area contributed by atoms with Gasteiger partial charge in [0.1, 0.15) is 0 Å². The molecule has 3 heteroatoms. The SMILES string of the molecule is CCN1CCCC(O)(CCc2ccsc2)CC1. The fourth-order valence-electron chi connectivity index (χ4n) is 2.61. The van der Waals surface area contributed by atoms with Crippen molar-refractivity contribution in [2.24, 2.45) is 0 Å². The molecular weight excluding hydrogens is 230 g/mol. The van der Waals surface area contributed by atoms with Gasteiger partial charge < -0.3 is 10.0 Å². The van der Waals surface area contributed by atoms with Gasteiger partial charge in [0.15, 0.2) is 0 Å². The zero-order valence-corrected chi connectivity index (χ0v) is 11.5. The summed E-state index contributed by atoms with van der Waals surface area (Å²) in [6.07, 6.45) is 4.97. The number of hydrogen-bond donors (Lipinski definition) is 1. The van der Waals surface area contributed by atoms with E-state index in [1.54, 1.807) is 11.3 Å². The molecular formula is C14H23NOS. The molecule has 1 unspecified atom stereocenters. The van der Waals surface area contributed by atoms with Crippen molar-refractivity contribution in [3.63, 3.8) is 0 Å². The van der Waals surface area contributed by atoms with Crippen molar-refractivity contribution >= 4 is 11.3 Å². The molecule has 17 heavy (non-hydrogen) atoms. The number of likely N-dealkylation sites (tertiary alicyclic amines) is 1. The van der Waals surface area contributed by atoms with Crippen LogP contribution in [0, 0.1) is 0 Å². The minimum atomic E-state index is -0.425. The lowest BCUT2D eigenvalue weighted by Gasteiger charge is -2.26. The van der Waals surface area contributed by atoms with Crippen molar-refractivity contribution < 1.29 is 5.11 Å². The maximum Gasteiger partial charge on any atom is 0.0663 e. The molecule has 1 aromatic heterocycles. The van der Waals surface area contributed by atoms with E-state index in [9.17, 15) is 5.11 Å². The summed E-state index contributed by atoms with van der Waals surface area (Å²) in [5.74, 6) is 0. The number of nitrogens with zero attached hydrogens (tertiary/aromatic N) is 1. The third kappa shape index (κ3) is 3.80. The number of thiophene rings is 1. The Morgan fingerprint density at radius 2 is 2.29 bits per heavy atom.